The van der Waals surface area contributed by atoms with E-state index >= 15 is 0 Å². The first-order valence-electron chi connectivity index (χ1n) is 16.0. The number of rotatable bonds is 10. The average Bonchev–Trinajstić information content (AvgIpc) is 2.93. The highest BCUT2D eigenvalue weighted by atomic mass is 35.5. The Balaban J connectivity index is 1.72. The van der Waals surface area contributed by atoms with Crippen LogP contribution in [-0.4, -0.2) is 29.6 Å². The third-order valence-electron chi connectivity index (χ3n) is 8.95. The van der Waals surface area contributed by atoms with E-state index in [0.717, 1.165) is 65.0 Å². The molecule has 0 unspecified atom stereocenters. The van der Waals surface area contributed by atoms with Gasteiger partial charge in [-0.2, -0.15) is 0 Å². The van der Waals surface area contributed by atoms with Gasteiger partial charge in [-0.15, -0.1) is 6.58 Å². The Morgan fingerprint density at radius 2 is 1.52 bits per heavy atom. The molecule has 3 aliphatic rings. The number of benzene rings is 2. The maximum Gasteiger partial charge on any atom is 0.165 e. The number of halogens is 1. The summed E-state index contributed by atoms with van der Waals surface area (Å²) in [6, 6.07) is 11.7. The first kappa shape index (κ1) is 32.1. The number of nitrogens with zero attached hydrogens (tertiary/aromatic N) is 1. The summed E-state index contributed by atoms with van der Waals surface area (Å²) >= 11 is 6.45. The van der Waals surface area contributed by atoms with Crippen molar-refractivity contribution >= 4 is 23.2 Å². The van der Waals surface area contributed by atoms with Crippen molar-refractivity contribution in [2.45, 2.75) is 92.6 Å². The molecule has 2 aromatic rings. The fourth-order valence-corrected chi connectivity index (χ4v) is 7.41. The quantitative estimate of drug-likeness (QED) is 0.249. The zero-order valence-corrected chi connectivity index (χ0v) is 27.9. The van der Waals surface area contributed by atoms with Crippen molar-refractivity contribution in [1.82, 2.24) is 4.90 Å². The number of ketones is 2. The van der Waals surface area contributed by atoms with Crippen molar-refractivity contribution in [3.63, 3.8) is 0 Å². The van der Waals surface area contributed by atoms with Crippen LogP contribution in [0.15, 0.2) is 71.6 Å². The maximum absolute atomic E-state index is 14.2. The van der Waals surface area contributed by atoms with Crippen molar-refractivity contribution in [3.05, 3.63) is 93.3 Å². The van der Waals surface area contributed by atoms with Crippen LogP contribution in [0.5, 0.6) is 11.5 Å². The fourth-order valence-electron chi connectivity index (χ4n) is 7.22. The molecule has 6 heteroatoms. The minimum atomic E-state index is -0.444. The Hall–Kier alpha value is -3.31. The second-order valence-electron chi connectivity index (χ2n) is 14.0. The molecule has 0 saturated carbocycles. The van der Waals surface area contributed by atoms with E-state index in [2.05, 4.69) is 52.2 Å². The summed E-state index contributed by atoms with van der Waals surface area (Å²) in [6.07, 6.45) is 5.83. The van der Waals surface area contributed by atoms with Crippen LogP contribution < -0.4 is 9.47 Å². The van der Waals surface area contributed by atoms with E-state index in [1.807, 2.05) is 43.3 Å². The number of allylic oxidation sites excluding steroid dienone is 5. The van der Waals surface area contributed by atoms with Gasteiger partial charge in [-0.3, -0.25) is 9.59 Å². The van der Waals surface area contributed by atoms with Gasteiger partial charge < -0.3 is 14.4 Å². The molecular weight excluding hydrogens is 570 g/mol. The third kappa shape index (κ3) is 6.26. The van der Waals surface area contributed by atoms with E-state index in [4.69, 9.17) is 21.1 Å². The molecule has 44 heavy (non-hydrogen) atoms. The smallest absolute Gasteiger partial charge is 0.165 e. The minimum absolute atomic E-state index is 0.133. The Bertz CT molecular complexity index is 1490. The summed E-state index contributed by atoms with van der Waals surface area (Å²) < 4.78 is 12.6. The van der Waals surface area contributed by atoms with Crippen molar-refractivity contribution in [1.29, 1.82) is 0 Å². The molecule has 2 aromatic carbocycles. The van der Waals surface area contributed by atoms with Gasteiger partial charge in [-0.25, -0.2) is 0 Å². The van der Waals surface area contributed by atoms with E-state index < -0.39 is 5.92 Å². The van der Waals surface area contributed by atoms with Gasteiger partial charge in [0.2, 0.25) is 0 Å². The van der Waals surface area contributed by atoms with Crippen LogP contribution in [0.25, 0.3) is 0 Å². The monoisotopic (exact) mass is 615 g/mol. The molecule has 234 valence electrons. The highest BCUT2D eigenvalue weighted by Crippen LogP contribution is 2.55. The number of Topliss-reactive ketones (excluding diaryl/α,β-unsaturated/α-hetero) is 2. The summed E-state index contributed by atoms with van der Waals surface area (Å²) in [5, 5.41) is 0.641. The van der Waals surface area contributed by atoms with Crippen LogP contribution in [0.1, 0.15) is 96.3 Å². The highest BCUT2D eigenvalue weighted by Gasteiger charge is 2.49. The summed E-state index contributed by atoms with van der Waals surface area (Å²) in [5.41, 5.74) is 6.10. The van der Waals surface area contributed by atoms with Crippen LogP contribution in [0.4, 0.5) is 0 Å². The van der Waals surface area contributed by atoms with Gasteiger partial charge in [0.1, 0.15) is 6.61 Å². The molecule has 5 nitrogen and oxygen atoms in total. The molecule has 1 heterocycles. The molecule has 0 fully saturated rings. The molecular formula is C38H46ClNO4. The number of hydrogen-bond acceptors (Lipinski definition) is 5. The average molecular weight is 616 g/mol. The van der Waals surface area contributed by atoms with Gasteiger partial charge in [-0.1, -0.05) is 76.6 Å². The Morgan fingerprint density at radius 3 is 2.07 bits per heavy atom. The first-order chi connectivity index (χ1) is 20.9. The van der Waals surface area contributed by atoms with Crippen LogP contribution in [0.3, 0.4) is 0 Å². The maximum atomic E-state index is 14.2. The Labute approximate surface area is 268 Å². The van der Waals surface area contributed by atoms with Crippen LogP contribution in [0.2, 0.25) is 5.02 Å². The summed E-state index contributed by atoms with van der Waals surface area (Å²) in [7, 11) is 0. The van der Waals surface area contributed by atoms with Gasteiger partial charge in [0, 0.05) is 64.0 Å². The van der Waals surface area contributed by atoms with Gasteiger partial charge in [0.05, 0.1) is 6.61 Å². The van der Waals surface area contributed by atoms with Crippen molar-refractivity contribution < 1.29 is 19.1 Å². The van der Waals surface area contributed by atoms with Crippen LogP contribution >= 0.6 is 11.6 Å². The lowest BCUT2D eigenvalue weighted by atomic mass is 9.63. The Kier molecular flexibility index (Phi) is 9.18. The predicted octanol–water partition coefficient (Wildman–Crippen LogP) is 9.14. The van der Waals surface area contributed by atoms with E-state index in [0.29, 0.717) is 42.4 Å². The molecule has 0 aromatic heterocycles. The van der Waals surface area contributed by atoms with Crippen LogP contribution in [0, 0.1) is 10.8 Å². The molecule has 5 rings (SSSR count). The summed E-state index contributed by atoms with van der Waals surface area (Å²) in [4.78, 5) is 30.7. The normalized spacial score (nSPS) is 19.6. The summed E-state index contributed by atoms with van der Waals surface area (Å²) in [5.74, 6) is 1.05. The fraction of sp³-hybridized carbons (Fsp3) is 0.474. The first-order valence-corrected chi connectivity index (χ1v) is 16.3. The highest BCUT2D eigenvalue weighted by molar-refractivity contribution is 6.31. The number of carbonyl (C=O) groups is 2. The van der Waals surface area contributed by atoms with Gasteiger partial charge in [-0.05, 0) is 61.1 Å². The lowest BCUT2D eigenvalue weighted by Crippen LogP contribution is -2.44. The van der Waals surface area contributed by atoms with Crippen molar-refractivity contribution in [2.24, 2.45) is 10.8 Å². The zero-order valence-electron chi connectivity index (χ0n) is 27.1. The number of hydrogen-bond donors (Lipinski definition) is 0. The van der Waals surface area contributed by atoms with Gasteiger partial charge >= 0.3 is 0 Å². The molecule has 0 bridgehead atoms. The number of ether oxygens (including phenoxy) is 2. The van der Waals surface area contributed by atoms with Gasteiger partial charge in [0.15, 0.2) is 23.1 Å². The topological polar surface area (TPSA) is 55.8 Å². The molecule has 2 aliphatic carbocycles. The lowest BCUT2D eigenvalue weighted by molar-refractivity contribution is -0.119. The standard InChI is InChI=1S/C38H46ClNO4/c1-8-13-24-17-26(18-32(43-10-3)36(24)44-23-25-14-11-12-15-27(25)39)33-34-28(19-37(4,5)21-30(34)41)40(16-9-2)29-20-38(6,7)22-31(42)35(29)33/h8,11-12,14-15,17-18,33H,1,9-10,13,16,19-23H2,2-7H3. The molecule has 0 spiro atoms. The van der Waals surface area contributed by atoms with Gasteiger partial charge in [0.25, 0.3) is 0 Å². The third-order valence-corrected chi connectivity index (χ3v) is 9.32. The minimum Gasteiger partial charge on any atom is -0.490 e. The largest absolute Gasteiger partial charge is 0.490 e. The SMILES string of the molecule is C=CCc1cc(C2C3=C(CC(C)(C)CC3=O)N(CCC)C3=C2C(=O)CC(C)(C)C3)cc(OCC)c1OCc1ccccc1Cl. The van der Waals surface area contributed by atoms with Crippen molar-refractivity contribution in [3.8, 4) is 11.5 Å². The summed E-state index contributed by atoms with van der Waals surface area (Å²) in [6.45, 7) is 18.3. The molecule has 1 aliphatic heterocycles. The zero-order chi connectivity index (χ0) is 31.8. The molecule has 0 N–H and O–H groups in total. The van der Waals surface area contributed by atoms with E-state index in [9.17, 15) is 9.59 Å². The second kappa shape index (κ2) is 12.6. The number of carbonyl (C=O) groups excluding carboxylic acids is 2. The molecule has 0 radical (unpaired) electrons. The molecule has 0 saturated heterocycles. The second-order valence-corrected chi connectivity index (χ2v) is 14.4. The lowest BCUT2D eigenvalue weighted by Gasteiger charge is -2.49. The predicted molar refractivity (Wildman–Crippen MR) is 177 cm³/mol. The van der Waals surface area contributed by atoms with E-state index in [1.54, 1.807) is 0 Å². The van der Waals surface area contributed by atoms with Crippen LogP contribution in [-0.2, 0) is 22.6 Å². The molecule has 0 amide bonds. The van der Waals surface area contributed by atoms with E-state index in [1.165, 1.54) is 0 Å². The van der Waals surface area contributed by atoms with Crippen molar-refractivity contribution in [2.75, 3.05) is 13.2 Å². The molecule has 0 atom stereocenters. The van der Waals surface area contributed by atoms with E-state index in [-0.39, 0.29) is 29.0 Å². The Morgan fingerprint density at radius 1 is 0.909 bits per heavy atom.